The zero-order valence-corrected chi connectivity index (χ0v) is 18.2. The van der Waals surface area contributed by atoms with Crippen LogP contribution in [0.5, 0.6) is 11.5 Å². The fourth-order valence-corrected chi connectivity index (χ4v) is 4.14. The Morgan fingerprint density at radius 1 is 1.27 bits per heavy atom. The van der Waals surface area contributed by atoms with Gasteiger partial charge in [0.05, 0.1) is 11.5 Å². The van der Waals surface area contributed by atoms with Crippen molar-refractivity contribution < 1.29 is 24.2 Å². The molecule has 1 fully saturated rings. The lowest BCUT2D eigenvalue weighted by Gasteiger charge is -2.11. The van der Waals surface area contributed by atoms with Crippen LogP contribution in [0.3, 0.4) is 0 Å². The second-order valence-corrected chi connectivity index (χ2v) is 8.07. The van der Waals surface area contributed by atoms with Crippen LogP contribution in [-0.2, 0) is 16.0 Å². The molecule has 1 aromatic carbocycles. The second-order valence-electron chi connectivity index (χ2n) is 6.02. The highest BCUT2D eigenvalue weighted by Crippen LogP contribution is 2.35. The van der Waals surface area contributed by atoms with Gasteiger partial charge in [0.1, 0.15) is 5.01 Å². The molecule has 0 bridgehead atoms. The van der Waals surface area contributed by atoms with E-state index in [2.05, 4.69) is 15.2 Å². The van der Waals surface area contributed by atoms with Gasteiger partial charge in [-0.15, -0.1) is 10.2 Å². The Balaban J connectivity index is 1.84. The summed E-state index contributed by atoms with van der Waals surface area (Å²) < 4.78 is 10.8. The molecule has 30 heavy (non-hydrogen) atoms. The number of aliphatic carboxylic acids is 1. The van der Waals surface area contributed by atoms with Crippen molar-refractivity contribution in [1.82, 2.24) is 15.1 Å². The summed E-state index contributed by atoms with van der Waals surface area (Å²) in [6.45, 7) is 3.73. The van der Waals surface area contributed by atoms with E-state index in [1.54, 1.807) is 31.3 Å². The molecule has 1 aliphatic heterocycles. The highest BCUT2D eigenvalue weighted by atomic mass is 32.2. The standard InChI is InChI=1S/C19H20N4O5S2/c1-4-15-21-22-18(30-15)20-19-23(3)17(26)14(29-19)9-11-6-7-12(28-10-16(24)25)13(8-11)27-5-2/h6-9H,4-5,10H2,1-3H3,(H,24,25)/b14-9+,20-19+. The van der Waals surface area contributed by atoms with Gasteiger partial charge in [-0.25, -0.2) is 4.79 Å². The number of carboxylic acid groups (broad SMARTS) is 1. The zero-order chi connectivity index (χ0) is 21.7. The van der Waals surface area contributed by atoms with Crippen LogP contribution in [0, 0.1) is 0 Å². The SMILES string of the molecule is CCOc1cc(/C=C2/S/C(=N/c3nnc(CC)s3)N(C)C2=O)ccc1OCC(=O)O. The maximum Gasteiger partial charge on any atom is 0.341 e. The summed E-state index contributed by atoms with van der Waals surface area (Å²) in [5.41, 5.74) is 0.718. The predicted octanol–water partition coefficient (Wildman–Crippen LogP) is 3.20. The average molecular weight is 449 g/mol. The number of aliphatic imine (C=N–C) groups is 1. The number of aryl methyl sites for hydroxylation is 1. The first-order valence-electron chi connectivity index (χ1n) is 9.11. The maximum atomic E-state index is 12.6. The van der Waals surface area contributed by atoms with E-state index in [0.717, 1.165) is 17.0 Å². The van der Waals surface area contributed by atoms with Crippen molar-refractivity contribution in [3.63, 3.8) is 0 Å². The Morgan fingerprint density at radius 3 is 2.73 bits per heavy atom. The number of carbonyl (C=O) groups excluding carboxylic acids is 1. The average Bonchev–Trinajstić information content (AvgIpc) is 3.28. The topological polar surface area (TPSA) is 114 Å². The van der Waals surface area contributed by atoms with Gasteiger partial charge in [-0.2, -0.15) is 4.99 Å². The predicted molar refractivity (Wildman–Crippen MR) is 115 cm³/mol. The van der Waals surface area contributed by atoms with E-state index in [9.17, 15) is 9.59 Å². The fraction of sp³-hybridized carbons (Fsp3) is 0.316. The first kappa shape index (κ1) is 21.8. The molecule has 1 N–H and O–H groups in total. The van der Waals surface area contributed by atoms with Gasteiger partial charge < -0.3 is 14.6 Å². The minimum atomic E-state index is -1.08. The monoisotopic (exact) mass is 448 g/mol. The third kappa shape index (κ3) is 5.16. The molecule has 0 saturated carbocycles. The van der Waals surface area contributed by atoms with Crippen LogP contribution < -0.4 is 9.47 Å². The molecule has 2 aromatic rings. The van der Waals surface area contributed by atoms with E-state index in [1.807, 2.05) is 13.8 Å². The van der Waals surface area contributed by atoms with Gasteiger partial charge >= 0.3 is 5.97 Å². The molecule has 2 heterocycles. The van der Waals surface area contributed by atoms with E-state index in [-0.39, 0.29) is 5.91 Å². The summed E-state index contributed by atoms with van der Waals surface area (Å²) in [6, 6.07) is 5.06. The Hall–Kier alpha value is -2.92. The number of nitrogens with zero attached hydrogens (tertiary/aromatic N) is 4. The van der Waals surface area contributed by atoms with Crippen molar-refractivity contribution in [1.29, 1.82) is 0 Å². The molecule has 11 heteroatoms. The van der Waals surface area contributed by atoms with Crippen molar-refractivity contribution in [2.75, 3.05) is 20.3 Å². The zero-order valence-electron chi connectivity index (χ0n) is 16.6. The van der Waals surface area contributed by atoms with Crippen molar-refractivity contribution in [2.24, 2.45) is 4.99 Å². The van der Waals surface area contributed by atoms with Gasteiger partial charge in [0.15, 0.2) is 23.3 Å². The Labute approximate surface area is 181 Å². The van der Waals surface area contributed by atoms with Gasteiger partial charge in [0, 0.05) is 7.05 Å². The number of benzene rings is 1. The number of likely N-dealkylation sites (N-methyl/N-ethyl adjacent to an activating group) is 1. The van der Waals surface area contributed by atoms with E-state index < -0.39 is 12.6 Å². The first-order valence-corrected chi connectivity index (χ1v) is 10.7. The minimum absolute atomic E-state index is 0.178. The van der Waals surface area contributed by atoms with Gasteiger partial charge in [0.25, 0.3) is 5.91 Å². The number of aromatic nitrogens is 2. The number of carboxylic acids is 1. The van der Waals surface area contributed by atoms with Crippen LogP contribution in [0.4, 0.5) is 5.13 Å². The lowest BCUT2D eigenvalue weighted by atomic mass is 10.2. The summed E-state index contributed by atoms with van der Waals surface area (Å²) in [7, 11) is 1.66. The summed E-state index contributed by atoms with van der Waals surface area (Å²) in [5.74, 6) is -0.517. The Kier molecular flexibility index (Phi) is 7.06. The molecule has 1 amide bonds. The van der Waals surface area contributed by atoms with Crippen LogP contribution in [0.2, 0.25) is 0 Å². The van der Waals surface area contributed by atoms with Crippen molar-refractivity contribution in [3.05, 3.63) is 33.7 Å². The summed E-state index contributed by atoms with van der Waals surface area (Å²) >= 11 is 2.64. The second kappa shape index (κ2) is 9.72. The van der Waals surface area contributed by atoms with Crippen LogP contribution in [-0.4, -0.2) is 57.5 Å². The molecule has 1 aromatic heterocycles. The van der Waals surface area contributed by atoms with Crippen molar-refractivity contribution in [3.8, 4) is 11.5 Å². The summed E-state index contributed by atoms with van der Waals surface area (Å²) in [5, 5.41) is 18.8. The molecule has 1 aliphatic rings. The number of ether oxygens (including phenoxy) is 2. The molecular weight excluding hydrogens is 428 g/mol. The Morgan fingerprint density at radius 2 is 2.07 bits per heavy atom. The summed E-state index contributed by atoms with van der Waals surface area (Å²) in [4.78, 5) is 29.8. The molecule has 3 rings (SSSR count). The largest absolute Gasteiger partial charge is 0.490 e. The van der Waals surface area contributed by atoms with Gasteiger partial charge in [0.2, 0.25) is 5.13 Å². The van der Waals surface area contributed by atoms with Gasteiger partial charge in [-0.3, -0.25) is 9.69 Å². The molecule has 0 aliphatic carbocycles. The van der Waals surface area contributed by atoms with E-state index in [4.69, 9.17) is 14.6 Å². The van der Waals surface area contributed by atoms with E-state index >= 15 is 0 Å². The van der Waals surface area contributed by atoms with Crippen LogP contribution in [0.25, 0.3) is 6.08 Å². The molecular formula is C19H20N4O5S2. The number of carbonyl (C=O) groups is 2. The van der Waals surface area contributed by atoms with Crippen molar-refractivity contribution >= 4 is 51.4 Å². The molecule has 1 saturated heterocycles. The van der Waals surface area contributed by atoms with Crippen molar-refractivity contribution in [2.45, 2.75) is 20.3 Å². The quantitative estimate of drug-likeness (QED) is 0.613. The van der Waals surface area contributed by atoms with E-state index in [1.165, 1.54) is 28.0 Å². The van der Waals surface area contributed by atoms with Crippen LogP contribution in [0.1, 0.15) is 24.4 Å². The highest BCUT2D eigenvalue weighted by molar-refractivity contribution is 8.18. The van der Waals surface area contributed by atoms with E-state index in [0.29, 0.717) is 33.3 Å². The lowest BCUT2D eigenvalue weighted by Crippen LogP contribution is -2.23. The third-order valence-electron chi connectivity index (χ3n) is 3.87. The number of rotatable bonds is 8. The highest BCUT2D eigenvalue weighted by Gasteiger charge is 2.30. The molecule has 0 atom stereocenters. The smallest absolute Gasteiger partial charge is 0.341 e. The number of amides is 1. The third-order valence-corrected chi connectivity index (χ3v) is 5.89. The summed E-state index contributed by atoms with van der Waals surface area (Å²) in [6.07, 6.45) is 2.51. The number of hydrogen-bond acceptors (Lipinski definition) is 9. The minimum Gasteiger partial charge on any atom is -0.490 e. The number of hydrogen-bond donors (Lipinski definition) is 1. The maximum absolute atomic E-state index is 12.6. The lowest BCUT2D eigenvalue weighted by molar-refractivity contribution is -0.139. The molecule has 0 unspecified atom stereocenters. The fourth-order valence-electron chi connectivity index (χ4n) is 2.46. The Bertz CT molecular complexity index is 1020. The molecule has 9 nitrogen and oxygen atoms in total. The number of thioether (sulfide) groups is 1. The van der Waals surface area contributed by atoms with Crippen LogP contribution >= 0.6 is 23.1 Å². The first-order chi connectivity index (χ1) is 14.4. The molecule has 158 valence electrons. The molecule has 0 spiro atoms. The van der Waals surface area contributed by atoms with Gasteiger partial charge in [-0.1, -0.05) is 24.3 Å². The normalized spacial score (nSPS) is 16.5. The van der Waals surface area contributed by atoms with Gasteiger partial charge in [-0.05, 0) is 48.9 Å². The van der Waals surface area contributed by atoms with Crippen LogP contribution in [0.15, 0.2) is 28.1 Å². The number of amidine groups is 1. The molecule has 0 radical (unpaired) electrons.